The molecule has 4 heterocycles. The summed E-state index contributed by atoms with van der Waals surface area (Å²) in [5.74, 6) is -0.194. The van der Waals surface area contributed by atoms with E-state index in [-0.39, 0.29) is 10.1 Å². The minimum Gasteiger partial charge on any atom is -0.383 e. The predicted octanol–water partition coefficient (Wildman–Crippen LogP) is 2.20. The van der Waals surface area contributed by atoms with E-state index < -0.39 is 16.1 Å². The van der Waals surface area contributed by atoms with Gasteiger partial charge >= 0.3 is 0 Å². The van der Waals surface area contributed by atoms with Crippen molar-refractivity contribution in [2.24, 2.45) is 0 Å². The van der Waals surface area contributed by atoms with Crippen molar-refractivity contribution in [2.45, 2.75) is 16.7 Å². The van der Waals surface area contributed by atoms with Crippen molar-refractivity contribution in [3.63, 3.8) is 0 Å². The van der Waals surface area contributed by atoms with Crippen molar-refractivity contribution in [3.8, 4) is 10.4 Å². The smallest absolute Gasteiger partial charge is 0.250 e. The fourth-order valence-corrected chi connectivity index (χ4v) is 5.81. The lowest BCUT2D eigenvalue weighted by molar-refractivity contribution is -0.128. The molecule has 1 aliphatic heterocycles. The molecule has 3 aromatic rings. The summed E-state index contributed by atoms with van der Waals surface area (Å²) < 4.78 is 28.3. The number of anilines is 1. The molecule has 4 rings (SSSR count). The maximum absolute atomic E-state index is 12.8. The first-order chi connectivity index (χ1) is 14.5. The number of likely N-dealkylation sites (tertiary alicyclic amines) is 1. The first kappa shape index (κ1) is 20.5. The summed E-state index contributed by atoms with van der Waals surface area (Å²) in [4.78, 5) is 23.1. The molecule has 0 aliphatic carbocycles. The zero-order valence-electron chi connectivity index (χ0n) is 16.1. The van der Waals surface area contributed by atoms with Crippen LogP contribution in [-0.2, 0) is 14.8 Å². The van der Waals surface area contributed by atoms with Crippen LogP contribution in [0, 0.1) is 0 Å². The molecule has 1 amide bonds. The molecule has 0 unspecified atom stereocenters. The summed E-state index contributed by atoms with van der Waals surface area (Å²) in [5, 5.41) is 3.22. The Kier molecular flexibility index (Phi) is 6.07. The summed E-state index contributed by atoms with van der Waals surface area (Å²) >= 11 is 1.17. The first-order valence-corrected chi connectivity index (χ1v) is 11.8. The van der Waals surface area contributed by atoms with Gasteiger partial charge in [-0.3, -0.25) is 14.8 Å². The summed E-state index contributed by atoms with van der Waals surface area (Å²) in [6.45, 7) is 1.61. The highest BCUT2D eigenvalue weighted by Gasteiger charge is 2.35. The molecule has 1 atom stereocenters. The quantitative estimate of drug-likeness (QED) is 0.553. The summed E-state index contributed by atoms with van der Waals surface area (Å²) in [6.07, 6.45) is 7.17. The number of aromatic nitrogens is 2. The molecule has 8 nitrogen and oxygen atoms in total. The van der Waals surface area contributed by atoms with Crippen molar-refractivity contribution < 1.29 is 13.2 Å². The number of pyridine rings is 2. The number of carbonyl (C=O) groups excluding carboxylic acids is 1. The van der Waals surface area contributed by atoms with Gasteiger partial charge < -0.3 is 10.2 Å². The SMILES string of the molecule is O=C1[C@@H](NS(=O)(=O)c2ccc(-c3ccncc3)s2)CCN1CCNc1ccncc1. The average molecular weight is 444 g/mol. The van der Waals surface area contributed by atoms with Crippen molar-refractivity contribution in [1.29, 1.82) is 0 Å². The lowest BCUT2D eigenvalue weighted by Gasteiger charge is -2.17. The molecule has 0 aromatic carbocycles. The van der Waals surface area contributed by atoms with Gasteiger partial charge in [-0.25, -0.2) is 8.42 Å². The number of carbonyl (C=O) groups is 1. The Balaban J connectivity index is 1.35. The Morgan fingerprint density at radius 1 is 1.03 bits per heavy atom. The Morgan fingerprint density at radius 2 is 1.73 bits per heavy atom. The maximum atomic E-state index is 12.8. The third-order valence-corrected chi connectivity index (χ3v) is 7.89. The molecular formula is C20H21N5O3S2. The summed E-state index contributed by atoms with van der Waals surface area (Å²) in [5.41, 5.74) is 1.83. The third-order valence-electron chi connectivity index (χ3n) is 4.80. The molecule has 0 saturated carbocycles. The second-order valence-electron chi connectivity index (χ2n) is 6.81. The lowest BCUT2D eigenvalue weighted by Crippen LogP contribution is -2.42. The van der Waals surface area contributed by atoms with Gasteiger partial charge in [-0.2, -0.15) is 4.72 Å². The molecule has 0 bridgehead atoms. The van der Waals surface area contributed by atoms with E-state index in [0.29, 0.717) is 26.1 Å². The monoisotopic (exact) mass is 443 g/mol. The van der Waals surface area contributed by atoms with Gasteiger partial charge in [0.25, 0.3) is 10.0 Å². The van der Waals surface area contributed by atoms with E-state index in [2.05, 4.69) is 20.0 Å². The molecule has 2 N–H and O–H groups in total. The molecule has 10 heteroatoms. The number of thiophene rings is 1. The van der Waals surface area contributed by atoms with Crippen LogP contribution in [0.2, 0.25) is 0 Å². The third kappa shape index (κ3) is 4.66. The zero-order chi connectivity index (χ0) is 21.0. The number of hydrogen-bond donors (Lipinski definition) is 2. The second kappa shape index (κ2) is 8.90. The summed E-state index contributed by atoms with van der Waals surface area (Å²) in [7, 11) is -3.77. The molecule has 3 aromatic heterocycles. The van der Waals surface area contributed by atoms with Crippen molar-refractivity contribution in [3.05, 3.63) is 61.2 Å². The van der Waals surface area contributed by atoms with Gasteiger partial charge in [0.15, 0.2) is 0 Å². The summed E-state index contributed by atoms with van der Waals surface area (Å²) in [6, 6.07) is 9.96. The van der Waals surface area contributed by atoms with Crippen LogP contribution in [0.5, 0.6) is 0 Å². The number of rotatable bonds is 8. The second-order valence-corrected chi connectivity index (χ2v) is 9.83. The van der Waals surface area contributed by atoms with E-state index in [9.17, 15) is 13.2 Å². The van der Waals surface area contributed by atoms with E-state index in [1.807, 2.05) is 24.3 Å². The molecular weight excluding hydrogens is 422 g/mol. The van der Waals surface area contributed by atoms with Crippen LogP contribution in [-0.4, -0.2) is 54.9 Å². The topological polar surface area (TPSA) is 104 Å². The van der Waals surface area contributed by atoms with E-state index in [1.54, 1.807) is 41.8 Å². The molecule has 30 heavy (non-hydrogen) atoms. The van der Waals surface area contributed by atoms with E-state index in [4.69, 9.17) is 0 Å². The zero-order valence-corrected chi connectivity index (χ0v) is 17.7. The highest BCUT2D eigenvalue weighted by atomic mass is 32.2. The van der Waals surface area contributed by atoms with Crippen molar-refractivity contribution in [1.82, 2.24) is 19.6 Å². The minimum absolute atomic E-state index is 0.194. The van der Waals surface area contributed by atoms with Crippen LogP contribution < -0.4 is 10.0 Å². The van der Waals surface area contributed by atoms with Crippen LogP contribution in [0.25, 0.3) is 10.4 Å². The molecule has 1 saturated heterocycles. The predicted molar refractivity (Wildman–Crippen MR) is 116 cm³/mol. The highest BCUT2D eigenvalue weighted by Crippen LogP contribution is 2.30. The van der Waals surface area contributed by atoms with Gasteiger partial charge in [0.1, 0.15) is 10.3 Å². The van der Waals surface area contributed by atoms with Crippen LogP contribution in [0.3, 0.4) is 0 Å². The molecule has 0 spiro atoms. The van der Waals surface area contributed by atoms with Gasteiger partial charge in [-0.05, 0) is 48.4 Å². The average Bonchev–Trinajstić information content (AvgIpc) is 3.39. The molecule has 0 radical (unpaired) electrons. The van der Waals surface area contributed by atoms with Gasteiger partial charge in [-0.1, -0.05) is 0 Å². The largest absolute Gasteiger partial charge is 0.383 e. The van der Waals surface area contributed by atoms with Crippen molar-refractivity contribution in [2.75, 3.05) is 25.0 Å². The Labute approximate surface area is 179 Å². The number of sulfonamides is 1. The standard InChI is InChI=1S/C20H21N5O3S2/c26-20-17(7-13-25(20)14-12-23-16-5-10-22-11-6-16)24-30(27,28)19-2-1-18(29-19)15-3-8-21-9-4-15/h1-6,8-11,17,24H,7,12-14H2,(H,22,23)/t17-/m0/s1. The first-order valence-electron chi connectivity index (χ1n) is 9.48. The lowest BCUT2D eigenvalue weighted by atomic mass is 10.2. The highest BCUT2D eigenvalue weighted by molar-refractivity contribution is 7.91. The fraction of sp³-hybridized carbons (Fsp3) is 0.250. The van der Waals surface area contributed by atoms with E-state index >= 15 is 0 Å². The molecule has 1 aliphatic rings. The normalized spacial score (nSPS) is 16.7. The van der Waals surface area contributed by atoms with E-state index in [1.165, 1.54) is 11.3 Å². The van der Waals surface area contributed by atoms with Gasteiger partial charge in [0.2, 0.25) is 5.91 Å². The van der Waals surface area contributed by atoms with Crippen molar-refractivity contribution >= 4 is 33.0 Å². The van der Waals surface area contributed by atoms with Crippen LogP contribution in [0.15, 0.2) is 65.4 Å². The van der Waals surface area contributed by atoms with Gasteiger partial charge in [0, 0.05) is 55.0 Å². The van der Waals surface area contributed by atoms with Gasteiger partial charge in [-0.15, -0.1) is 11.3 Å². The van der Waals surface area contributed by atoms with Crippen LogP contribution in [0.1, 0.15) is 6.42 Å². The van der Waals surface area contributed by atoms with Crippen LogP contribution >= 0.6 is 11.3 Å². The minimum atomic E-state index is -3.77. The van der Waals surface area contributed by atoms with E-state index in [0.717, 1.165) is 16.1 Å². The Bertz CT molecular complexity index is 1100. The molecule has 156 valence electrons. The molecule has 1 fully saturated rings. The van der Waals surface area contributed by atoms with Gasteiger partial charge in [0.05, 0.1) is 0 Å². The number of amides is 1. The fourth-order valence-electron chi connectivity index (χ4n) is 3.26. The Hall–Kier alpha value is -2.82. The van der Waals surface area contributed by atoms with Crippen LogP contribution in [0.4, 0.5) is 5.69 Å². The maximum Gasteiger partial charge on any atom is 0.250 e. The Morgan fingerprint density at radius 3 is 2.47 bits per heavy atom. The number of nitrogens with zero attached hydrogens (tertiary/aromatic N) is 3. The number of nitrogens with one attached hydrogen (secondary N) is 2. The number of hydrogen-bond acceptors (Lipinski definition) is 7.